The molecular formula is C12H12BrNO3S2. The lowest BCUT2D eigenvalue weighted by Crippen LogP contribution is -2.11. The second-order valence-electron chi connectivity index (χ2n) is 3.83. The van der Waals surface area contributed by atoms with Crippen LogP contribution in [0.25, 0.3) is 0 Å². The van der Waals surface area contributed by atoms with E-state index in [-0.39, 0.29) is 10.8 Å². The molecule has 0 unspecified atom stereocenters. The Kier molecular flexibility index (Phi) is 4.62. The molecule has 1 aromatic carbocycles. The Morgan fingerprint density at radius 2 is 1.84 bits per heavy atom. The highest BCUT2D eigenvalue weighted by molar-refractivity contribution is 9.11. The molecule has 0 bridgehead atoms. The van der Waals surface area contributed by atoms with E-state index in [0.29, 0.717) is 12.1 Å². The van der Waals surface area contributed by atoms with Gasteiger partial charge in [-0.25, -0.2) is 8.42 Å². The second kappa shape index (κ2) is 6.04. The maximum absolute atomic E-state index is 12.1. The molecule has 2 rings (SSSR count). The first kappa shape index (κ1) is 14.5. The van der Waals surface area contributed by atoms with Crippen molar-refractivity contribution in [1.82, 2.24) is 0 Å². The van der Waals surface area contributed by atoms with Gasteiger partial charge < -0.3 is 5.11 Å². The average molecular weight is 362 g/mol. The van der Waals surface area contributed by atoms with Crippen LogP contribution < -0.4 is 4.72 Å². The number of benzene rings is 1. The molecule has 0 aliphatic heterocycles. The van der Waals surface area contributed by atoms with E-state index in [0.717, 1.165) is 20.7 Å². The maximum atomic E-state index is 12.1. The summed E-state index contributed by atoms with van der Waals surface area (Å²) in [7, 11) is -3.53. The molecule has 0 atom stereocenters. The van der Waals surface area contributed by atoms with Crippen molar-refractivity contribution in [2.45, 2.75) is 10.6 Å². The van der Waals surface area contributed by atoms with E-state index in [1.165, 1.54) is 0 Å². The minimum absolute atomic E-state index is 0.0777. The van der Waals surface area contributed by atoms with E-state index >= 15 is 0 Å². The second-order valence-corrected chi connectivity index (χ2v) is 8.21. The first-order valence-electron chi connectivity index (χ1n) is 5.49. The fourth-order valence-electron chi connectivity index (χ4n) is 1.52. The molecule has 0 radical (unpaired) electrons. The van der Waals surface area contributed by atoms with Gasteiger partial charge in [0.25, 0.3) is 10.0 Å². The van der Waals surface area contributed by atoms with Gasteiger partial charge in [0, 0.05) is 12.3 Å². The van der Waals surface area contributed by atoms with Gasteiger partial charge in [-0.1, -0.05) is 12.1 Å². The summed E-state index contributed by atoms with van der Waals surface area (Å²) in [4.78, 5) is 0. The molecule has 0 saturated heterocycles. The highest BCUT2D eigenvalue weighted by Gasteiger charge is 2.16. The number of aliphatic hydroxyl groups excluding tert-OH is 1. The summed E-state index contributed by atoms with van der Waals surface area (Å²) in [5.74, 6) is 0. The number of nitrogens with one attached hydrogen (secondary N) is 1. The molecule has 2 N–H and O–H groups in total. The smallest absolute Gasteiger partial charge is 0.271 e. The minimum atomic E-state index is -3.53. The molecule has 0 aliphatic carbocycles. The lowest BCUT2D eigenvalue weighted by atomic mass is 10.1. The van der Waals surface area contributed by atoms with E-state index in [1.807, 2.05) is 0 Å². The number of thiophene rings is 1. The largest absolute Gasteiger partial charge is 0.396 e. The predicted molar refractivity (Wildman–Crippen MR) is 80.1 cm³/mol. The Morgan fingerprint density at radius 3 is 2.37 bits per heavy atom. The lowest BCUT2D eigenvalue weighted by Gasteiger charge is -2.07. The third kappa shape index (κ3) is 3.79. The van der Waals surface area contributed by atoms with Gasteiger partial charge in [-0.3, -0.25) is 4.72 Å². The molecule has 1 aromatic heterocycles. The van der Waals surface area contributed by atoms with Crippen LogP contribution >= 0.6 is 27.3 Å². The van der Waals surface area contributed by atoms with Gasteiger partial charge in [-0.15, -0.1) is 11.3 Å². The Balaban J connectivity index is 2.16. The highest BCUT2D eigenvalue weighted by atomic mass is 79.9. The van der Waals surface area contributed by atoms with Crippen LogP contribution in [-0.2, 0) is 16.4 Å². The zero-order valence-electron chi connectivity index (χ0n) is 9.84. The zero-order chi connectivity index (χ0) is 13.9. The van der Waals surface area contributed by atoms with Crippen LogP contribution in [-0.4, -0.2) is 20.1 Å². The summed E-state index contributed by atoms with van der Waals surface area (Å²) in [6.45, 7) is 0.0777. The van der Waals surface area contributed by atoms with Crippen molar-refractivity contribution in [3.63, 3.8) is 0 Å². The molecule has 19 heavy (non-hydrogen) atoms. The van der Waals surface area contributed by atoms with Crippen LogP contribution in [0.2, 0.25) is 0 Å². The third-order valence-corrected chi connectivity index (χ3v) is 5.92. The Morgan fingerprint density at radius 1 is 1.16 bits per heavy atom. The Labute approximate surface area is 124 Å². The molecule has 1 heterocycles. The average Bonchev–Trinajstić information content (AvgIpc) is 2.79. The number of aliphatic hydroxyl groups is 1. The number of sulfonamides is 1. The molecule has 102 valence electrons. The standard InChI is InChI=1S/C12H12BrNO3S2/c13-11-5-6-12(18-11)19(16,17)14-10-3-1-9(2-4-10)7-8-15/h1-6,14-15H,7-8H2. The highest BCUT2D eigenvalue weighted by Crippen LogP contribution is 2.27. The van der Waals surface area contributed by atoms with Crippen molar-refractivity contribution < 1.29 is 13.5 Å². The fraction of sp³-hybridized carbons (Fsp3) is 0.167. The SMILES string of the molecule is O=S(=O)(Nc1ccc(CCO)cc1)c1ccc(Br)s1. The first-order valence-corrected chi connectivity index (χ1v) is 8.58. The van der Waals surface area contributed by atoms with Crippen molar-refractivity contribution in [3.05, 3.63) is 45.7 Å². The lowest BCUT2D eigenvalue weighted by molar-refractivity contribution is 0.299. The molecule has 0 aliphatic rings. The van der Waals surface area contributed by atoms with E-state index in [4.69, 9.17) is 5.11 Å². The topological polar surface area (TPSA) is 66.4 Å². The Bertz CT molecular complexity index is 650. The molecule has 7 heteroatoms. The summed E-state index contributed by atoms with van der Waals surface area (Å²) in [5.41, 5.74) is 1.47. The van der Waals surface area contributed by atoms with E-state index in [1.54, 1.807) is 36.4 Å². The molecule has 0 spiro atoms. The van der Waals surface area contributed by atoms with Gasteiger partial charge in [0.15, 0.2) is 0 Å². The zero-order valence-corrected chi connectivity index (χ0v) is 13.1. The molecular weight excluding hydrogens is 350 g/mol. The third-order valence-electron chi connectivity index (χ3n) is 2.42. The molecule has 2 aromatic rings. The van der Waals surface area contributed by atoms with Crippen LogP contribution in [0.4, 0.5) is 5.69 Å². The van der Waals surface area contributed by atoms with Crippen molar-refractivity contribution in [3.8, 4) is 0 Å². The van der Waals surface area contributed by atoms with Gasteiger partial charge in [0.1, 0.15) is 4.21 Å². The number of halogens is 1. The van der Waals surface area contributed by atoms with Crippen molar-refractivity contribution in [1.29, 1.82) is 0 Å². The summed E-state index contributed by atoms with van der Waals surface area (Å²) >= 11 is 4.40. The van der Waals surface area contributed by atoms with Crippen LogP contribution in [0, 0.1) is 0 Å². The normalized spacial score (nSPS) is 11.5. The van der Waals surface area contributed by atoms with Crippen LogP contribution in [0.3, 0.4) is 0 Å². The van der Waals surface area contributed by atoms with Gasteiger partial charge in [-0.2, -0.15) is 0 Å². The van der Waals surface area contributed by atoms with E-state index < -0.39 is 10.0 Å². The van der Waals surface area contributed by atoms with Crippen molar-refractivity contribution in [2.24, 2.45) is 0 Å². The number of hydrogen-bond acceptors (Lipinski definition) is 4. The minimum Gasteiger partial charge on any atom is -0.396 e. The van der Waals surface area contributed by atoms with E-state index in [2.05, 4.69) is 20.7 Å². The summed E-state index contributed by atoms with van der Waals surface area (Å²) in [5, 5.41) is 8.81. The van der Waals surface area contributed by atoms with Crippen LogP contribution in [0.15, 0.2) is 44.4 Å². The number of anilines is 1. The maximum Gasteiger partial charge on any atom is 0.271 e. The molecule has 0 saturated carbocycles. The predicted octanol–water partition coefficient (Wildman–Crippen LogP) is 2.85. The monoisotopic (exact) mass is 361 g/mol. The number of hydrogen-bond donors (Lipinski definition) is 2. The van der Waals surface area contributed by atoms with Crippen LogP contribution in [0.1, 0.15) is 5.56 Å². The molecule has 4 nitrogen and oxygen atoms in total. The van der Waals surface area contributed by atoms with Gasteiger partial charge >= 0.3 is 0 Å². The van der Waals surface area contributed by atoms with Gasteiger partial charge in [-0.05, 0) is 52.2 Å². The van der Waals surface area contributed by atoms with Crippen LogP contribution in [0.5, 0.6) is 0 Å². The summed E-state index contributed by atoms with van der Waals surface area (Å²) < 4.78 is 27.7. The summed E-state index contributed by atoms with van der Waals surface area (Å²) in [6.07, 6.45) is 0.560. The van der Waals surface area contributed by atoms with Crippen molar-refractivity contribution in [2.75, 3.05) is 11.3 Å². The van der Waals surface area contributed by atoms with E-state index in [9.17, 15) is 8.42 Å². The van der Waals surface area contributed by atoms with Gasteiger partial charge in [0.05, 0.1) is 3.79 Å². The Hall–Kier alpha value is -0.890. The van der Waals surface area contributed by atoms with Crippen molar-refractivity contribution >= 4 is 43.0 Å². The fourth-order valence-corrected chi connectivity index (χ4v) is 4.58. The molecule has 0 amide bonds. The van der Waals surface area contributed by atoms with Gasteiger partial charge in [0.2, 0.25) is 0 Å². The first-order chi connectivity index (χ1) is 9.01. The summed E-state index contributed by atoms with van der Waals surface area (Å²) in [6, 6.07) is 10.2. The number of rotatable bonds is 5. The molecule has 0 fully saturated rings. The quantitative estimate of drug-likeness (QED) is 0.860.